The van der Waals surface area contributed by atoms with Gasteiger partial charge in [0.2, 0.25) is 5.89 Å². The Balaban J connectivity index is 1.86. The molecule has 4 nitrogen and oxygen atoms in total. The van der Waals surface area contributed by atoms with Gasteiger partial charge >= 0.3 is 5.97 Å². The second-order valence-corrected chi connectivity index (χ2v) is 5.27. The average Bonchev–Trinajstić information content (AvgIpc) is 2.96. The number of esters is 1. The summed E-state index contributed by atoms with van der Waals surface area (Å²) >= 11 is 0. The van der Waals surface area contributed by atoms with Crippen molar-refractivity contribution in [2.75, 3.05) is 0 Å². The molecule has 0 fully saturated rings. The molecule has 4 aromatic rings. The number of fused-ring (bicyclic) bond motifs is 2. The number of nitrogens with zero attached hydrogens (tertiary/aromatic N) is 1. The number of carbonyl (C=O) groups excluding carboxylic acids is 1. The first kappa shape index (κ1) is 13.5. The van der Waals surface area contributed by atoms with Crippen molar-refractivity contribution < 1.29 is 13.9 Å². The molecule has 4 heteroatoms. The van der Waals surface area contributed by atoms with Crippen LogP contribution in [0.3, 0.4) is 0 Å². The molecule has 0 radical (unpaired) electrons. The van der Waals surface area contributed by atoms with E-state index in [2.05, 4.69) is 17.1 Å². The smallest absolute Gasteiger partial charge is 0.308 e. The molecule has 0 amide bonds. The fraction of sp³-hybridized carbons (Fsp3) is 0.0526. The first-order valence-corrected chi connectivity index (χ1v) is 7.28. The lowest BCUT2D eigenvalue weighted by Gasteiger charge is -2.02. The van der Waals surface area contributed by atoms with E-state index in [1.54, 1.807) is 18.2 Å². The van der Waals surface area contributed by atoms with E-state index in [1.807, 2.05) is 30.3 Å². The SMILES string of the molecule is CC(=O)Oc1ccc2nc(-c3cccc4ccccc34)oc2c1. The summed E-state index contributed by atoms with van der Waals surface area (Å²) in [6.07, 6.45) is 0. The zero-order chi connectivity index (χ0) is 15.8. The minimum atomic E-state index is -0.363. The van der Waals surface area contributed by atoms with E-state index in [1.165, 1.54) is 6.92 Å². The maximum atomic E-state index is 11.1. The molecule has 0 bridgehead atoms. The van der Waals surface area contributed by atoms with Crippen molar-refractivity contribution in [3.05, 3.63) is 60.7 Å². The number of rotatable bonds is 2. The van der Waals surface area contributed by atoms with Gasteiger partial charge in [0.05, 0.1) is 0 Å². The first-order chi connectivity index (χ1) is 11.2. The summed E-state index contributed by atoms with van der Waals surface area (Å²) < 4.78 is 11.0. The topological polar surface area (TPSA) is 52.3 Å². The molecule has 0 aliphatic rings. The van der Waals surface area contributed by atoms with Crippen LogP contribution in [-0.2, 0) is 4.79 Å². The molecule has 1 heterocycles. The zero-order valence-electron chi connectivity index (χ0n) is 12.4. The molecule has 0 atom stereocenters. The third kappa shape index (κ3) is 2.44. The Labute approximate surface area is 132 Å². The Bertz CT molecular complexity index is 1030. The summed E-state index contributed by atoms with van der Waals surface area (Å²) in [7, 11) is 0. The predicted molar refractivity (Wildman–Crippen MR) is 88.3 cm³/mol. The molecule has 0 unspecified atom stereocenters. The second kappa shape index (κ2) is 5.25. The zero-order valence-corrected chi connectivity index (χ0v) is 12.4. The van der Waals surface area contributed by atoms with Crippen molar-refractivity contribution in [2.45, 2.75) is 6.92 Å². The van der Waals surface area contributed by atoms with Gasteiger partial charge in [0, 0.05) is 18.6 Å². The number of ether oxygens (including phenoxy) is 1. The number of hydrogen-bond donors (Lipinski definition) is 0. The molecule has 0 saturated heterocycles. The molecule has 0 aliphatic carbocycles. The van der Waals surface area contributed by atoms with Gasteiger partial charge in [-0.2, -0.15) is 0 Å². The Kier molecular flexibility index (Phi) is 3.08. The quantitative estimate of drug-likeness (QED) is 0.402. The highest BCUT2D eigenvalue weighted by Gasteiger charge is 2.12. The highest BCUT2D eigenvalue weighted by molar-refractivity contribution is 5.95. The number of aromatic nitrogens is 1. The van der Waals surface area contributed by atoms with E-state index in [9.17, 15) is 4.79 Å². The van der Waals surface area contributed by atoms with E-state index in [0.717, 1.165) is 21.9 Å². The van der Waals surface area contributed by atoms with Crippen LogP contribution in [0, 0.1) is 0 Å². The van der Waals surface area contributed by atoms with Gasteiger partial charge < -0.3 is 9.15 Å². The Morgan fingerprint density at radius 1 is 1.04 bits per heavy atom. The molecule has 112 valence electrons. The van der Waals surface area contributed by atoms with Crippen LogP contribution in [0.2, 0.25) is 0 Å². The molecule has 0 saturated carbocycles. The van der Waals surface area contributed by atoms with E-state index in [4.69, 9.17) is 9.15 Å². The van der Waals surface area contributed by atoms with Crippen LogP contribution < -0.4 is 4.74 Å². The molecule has 23 heavy (non-hydrogen) atoms. The standard InChI is InChI=1S/C19H13NO3/c1-12(21)22-14-9-10-17-18(11-14)23-19(20-17)16-8-4-6-13-5-2-3-7-15(13)16/h2-11H,1H3. The van der Waals surface area contributed by atoms with Gasteiger partial charge in [-0.25, -0.2) is 4.98 Å². The van der Waals surface area contributed by atoms with Gasteiger partial charge in [0.15, 0.2) is 5.58 Å². The molecule has 0 spiro atoms. The minimum absolute atomic E-state index is 0.363. The van der Waals surface area contributed by atoms with Crippen molar-refractivity contribution in [1.29, 1.82) is 0 Å². The van der Waals surface area contributed by atoms with Crippen molar-refractivity contribution in [2.24, 2.45) is 0 Å². The highest BCUT2D eigenvalue weighted by Crippen LogP contribution is 2.31. The van der Waals surface area contributed by atoms with Crippen LogP contribution >= 0.6 is 0 Å². The van der Waals surface area contributed by atoms with E-state index in [0.29, 0.717) is 17.2 Å². The van der Waals surface area contributed by atoms with Crippen LogP contribution in [0.1, 0.15) is 6.92 Å². The second-order valence-electron chi connectivity index (χ2n) is 5.27. The van der Waals surface area contributed by atoms with Gasteiger partial charge in [-0.1, -0.05) is 36.4 Å². The van der Waals surface area contributed by atoms with Gasteiger partial charge in [0.25, 0.3) is 0 Å². The number of carbonyl (C=O) groups is 1. The van der Waals surface area contributed by atoms with E-state index in [-0.39, 0.29) is 5.97 Å². The molecular weight excluding hydrogens is 290 g/mol. The highest BCUT2D eigenvalue weighted by atomic mass is 16.5. The lowest BCUT2D eigenvalue weighted by Crippen LogP contribution is -2.00. The summed E-state index contributed by atoms with van der Waals surface area (Å²) in [6.45, 7) is 1.37. The predicted octanol–water partition coefficient (Wildman–Crippen LogP) is 4.57. The van der Waals surface area contributed by atoms with Crippen molar-refractivity contribution in [3.63, 3.8) is 0 Å². The van der Waals surface area contributed by atoms with Crippen LogP contribution in [0.25, 0.3) is 33.3 Å². The van der Waals surface area contributed by atoms with Gasteiger partial charge in [0.1, 0.15) is 11.3 Å². The maximum Gasteiger partial charge on any atom is 0.308 e. The molecule has 4 rings (SSSR count). The molecular formula is C19H13NO3. The van der Waals surface area contributed by atoms with Crippen molar-refractivity contribution in [1.82, 2.24) is 4.98 Å². The Morgan fingerprint density at radius 3 is 2.74 bits per heavy atom. The average molecular weight is 303 g/mol. The summed E-state index contributed by atoms with van der Waals surface area (Å²) in [5.74, 6) is 0.639. The summed E-state index contributed by atoms with van der Waals surface area (Å²) in [6, 6.07) is 19.3. The van der Waals surface area contributed by atoms with Crippen LogP contribution in [0.15, 0.2) is 65.1 Å². The summed E-state index contributed by atoms with van der Waals surface area (Å²) in [4.78, 5) is 15.6. The van der Waals surface area contributed by atoms with E-state index < -0.39 is 0 Å². The molecule has 0 aliphatic heterocycles. The van der Waals surface area contributed by atoms with Crippen LogP contribution in [-0.4, -0.2) is 11.0 Å². The number of benzene rings is 3. The fourth-order valence-electron chi connectivity index (χ4n) is 2.66. The lowest BCUT2D eigenvalue weighted by atomic mass is 10.0. The van der Waals surface area contributed by atoms with E-state index >= 15 is 0 Å². The summed E-state index contributed by atoms with van der Waals surface area (Å²) in [5, 5.41) is 2.22. The monoisotopic (exact) mass is 303 g/mol. The van der Waals surface area contributed by atoms with Gasteiger partial charge in [-0.3, -0.25) is 4.79 Å². The Morgan fingerprint density at radius 2 is 1.87 bits per heavy atom. The van der Waals surface area contributed by atoms with Gasteiger partial charge in [-0.05, 0) is 29.0 Å². The van der Waals surface area contributed by atoms with Crippen LogP contribution in [0.5, 0.6) is 5.75 Å². The molecule has 1 aromatic heterocycles. The molecule has 3 aromatic carbocycles. The minimum Gasteiger partial charge on any atom is -0.436 e. The van der Waals surface area contributed by atoms with Gasteiger partial charge in [-0.15, -0.1) is 0 Å². The largest absolute Gasteiger partial charge is 0.436 e. The normalized spacial score (nSPS) is 11.0. The van der Waals surface area contributed by atoms with Crippen molar-refractivity contribution in [3.8, 4) is 17.2 Å². The number of oxazole rings is 1. The maximum absolute atomic E-state index is 11.1. The third-order valence-corrected chi connectivity index (χ3v) is 3.64. The lowest BCUT2D eigenvalue weighted by molar-refractivity contribution is -0.131. The fourth-order valence-corrected chi connectivity index (χ4v) is 2.66. The Hall–Kier alpha value is -3.14. The third-order valence-electron chi connectivity index (χ3n) is 3.64. The molecule has 0 N–H and O–H groups in total. The summed E-state index contributed by atoms with van der Waals surface area (Å²) in [5.41, 5.74) is 2.25. The van der Waals surface area contributed by atoms with Crippen molar-refractivity contribution >= 4 is 27.8 Å². The first-order valence-electron chi connectivity index (χ1n) is 7.28. The number of hydrogen-bond acceptors (Lipinski definition) is 4. The van der Waals surface area contributed by atoms with Crippen LogP contribution in [0.4, 0.5) is 0 Å².